The Morgan fingerprint density at radius 1 is 1.30 bits per heavy atom. The van der Waals surface area contributed by atoms with Crippen molar-refractivity contribution in [2.24, 2.45) is 0 Å². The number of H-pyrrole nitrogens is 1. The Balaban J connectivity index is 1.63. The van der Waals surface area contributed by atoms with Gasteiger partial charge in [0.15, 0.2) is 0 Å². The maximum Gasteiger partial charge on any atom is 0.417 e. The molecular formula is C26H28F4N6O. The number of aromatic amines is 1. The van der Waals surface area contributed by atoms with Crippen molar-refractivity contribution in [1.29, 1.82) is 0 Å². The molecule has 11 heteroatoms. The van der Waals surface area contributed by atoms with Gasteiger partial charge in [0.05, 0.1) is 23.0 Å². The number of carbonyl (C=O) groups is 1. The molecule has 1 aliphatic rings. The maximum atomic E-state index is 14.7. The molecule has 3 heterocycles. The van der Waals surface area contributed by atoms with E-state index in [9.17, 15) is 22.4 Å². The van der Waals surface area contributed by atoms with Crippen LogP contribution >= 0.6 is 0 Å². The number of nitrogens with one attached hydrogen (secondary N) is 3. The summed E-state index contributed by atoms with van der Waals surface area (Å²) in [4.78, 5) is 18.3. The lowest BCUT2D eigenvalue weighted by Gasteiger charge is -2.33. The minimum absolute atomic E-state index is 0.110. The van der Waals surface area contributed by atoms with Crippen LogP contribution in [0.25, 0.3) is 22.4 Å². The number of carbonyl (C=O) groups excluding carboxylic acids is 1. The first-order valence-electron chi connectivity index (χ1n) is 11.8. The Hall–Kier alpha value is -3.73. The van der Waals surface area contributed by atoms with Crippen LogP contribution in [-0.2, 0) is 0 Å². The van der Waals surface area contributed by atoms with Crippen molar-refractivity contribution in [1.82, 2.24) is 25.4 Å². The van der Waals surface area contributed by atoms with Gasteiger partial charge < -0.3 is 15.5 Å². The van der Waals surface area contributed by atoms with Crippen LogP contribution in [0.5, 0.6) is 0 Å². The Bertz CT molecular complexity index is 1330. The number of piperidine rings is 1. The second kappa shape index (κ2) is 10.7. The monoisotopic (exact) mass is 516 g/mol. The van der Waals surface area contributed by atoms with Crippen molar-refractivity contribution >= 4 is 34.0 Å². The van der Waals surface area contributed by atoms with Gasteiger partial charge in [-0.1, -0.05) is 24.8 Å². The molecule has 2 atom stereocenters. The van der Waals surface area contributed by atoms with E-state index in [0.29, 0.717) is 24.0 Å². The molecule has 196 valence electrons. The molecule has 0 aliphatic carbocycles. The van der Waals surface area contributed by atoms with E-state index in [1.807, 2.05) is 11.9 Å². The standard InChI is InChI=1S/C26H28F4N6O/c1-15-12-23(35-34-15)25(37)31-10-5-6-17-13-19-18(24(32-17)16(2)26(28,29)30)7-4-8-21(19)33-22-9-11-36(3)14-20(22)27/h4-8,12-13,20,22,33H,2,9-11,14H2,1,3H3,(H,31,37)(H,34,35)/b6-5+/t20-,22+/m0/s1. The highest BCUT2D eigenvalue weighted by Crippen LogP contribution is 2.37. The van der Waals surface area contributed by atoms with Gasteiger partial charge >= 0.3 is 6.18 Å². The fourth-order valence-electron chi connectivity index (χ4n) is 4.25. The molecule has 0 spiro atoms. The molecule has 4 rings (SSSR count). The summed E-state index contributed by atoms with van der Waals surface area (Å²) in [5, 5.41) is 13.2. The molecule has 1 aromatic carbocycles. The van der Waals surface area contributed by atoms with Gasteiger partial charge in [0.25, 0.3) is 5.91 Å². The molecule has 3 aromatic rings. The number of aromatic nitrogens is 3. The second-order valence-electron chi connectivity index (χ2n) is 9.14. The Morgan fingerprint density at radius 3 is 2.76 bits per heavy atom. The number of allylic oxidation sites excluding steroid dienone is 1. The molecule has 37 heavy (non-hydrogen) atoms. The van der Waals surface area contributed by atoms with Crippen molar-refractivity contribution in [3.8, 4) is 0 Å². The summed E-state index contributed by atoms with van der Waals surface area (Å²) in [6, 6.07) is 7.64. The number of halogens is 4. The van der Waals surface area contributed by atoms with Gasteiger partial charge in [0.2, 0.25) is 0 Å². The molecule has 1 amide bonds. The number of pyridine rings is 1. The Kier molecular flexibility index (Phi) is 7.63. The fourth-order valence-corrected chi connectivity index (χ4v) is 4.25. The zero-order chi connectivity index (χ0) is 26.7. The summed E-state index contributed by atoms with van der Waals surface area (Å²) in [5.74, 6) is -0.392. The highest BCUT2D eigenvalue weighted by Gasteiger charge is 2.35. The summed E-state index contributed by atoms with van der Waals surface area (Å²) in [5.41, 5.74) is 0.355. The zero-order valence-corrected chi connectivity index (χ0v) is 20.5. The number of hydrogen-bond acceptors (Lipinski definition) is 5. The Labute approximate surface area is 211 Å². The molecule has 0 unspecified atom stereocenters. The summed E-state index contributed by atoms with van der Waals surface area (Å²) < 4.78 is 55.6. The number of alkyl halides is 4. The largest absolute Gasteiger partial charge is 0.417 e. The van der Waals surface area contributed by atoms with Crippen molar-refractivity contribution in [3.05, 3.63) is 65.8 Å². The molecule has 2 aromatic heterocycles. The Morgan fingerprint density at radius 2 is 2.08 bits per heavy atom. The van der Waals surface area contributed by atoms with E-state index in [1.54, 1.807) is 43.3 Å². The smallest absolute Gasteiger partial charge is 0.379 e. The number of anilines is 1. The van der Waals surface area contributed by atoms with Crippen LogP contribution in [0.2, 0.25) is 0 Å². The zero-order valence-electron chi connectivity index (χ0n) is 20.5. The molecular weight excluding hydrogens is 488 g/mol. The third kappa shape index (κ3) is 6.16. The van der Waals surface area contributed by atoms with Crippen LogP contribution in [0.15, 0.2) is 43.0 Å². The van der Waals surface area contributed by atoms with E-state index >= 15 is 0 Å². The van der Waals surface area contributed by atoms with E-state index in [2.05, 4.69) is 32.4 Å². The molecule has 3 N–H and O–H groups in total. The van der Waals surface area contributed by atoms with Crippen molar-refractivity contribution in [2.45, 2.75) is 31.7 Å². The average Bonchev–Trinajstić information content (AvgIpc) is 3.28. The lowest BCUT2D eigenvalue weighted by atomic mass is 9.99. The summed E-state index contributed by atoms with van der Waals surface area (Å²) in [7, 11) is 1.85. The lowest BCUT2D eigenvalue weighted by Crippen LogP contribution is -2.46. The second-order valence-corrected chi connectivity index (χ2v) is 9.14. The molecule has 0 saturated carbocycles. The molecule has 1 saturated heterocycles. The molecule has 0 radical (unpaired) electrons. The topological polar surface area (TPSA) is 85.9 Å². The van der Waals surface area contributed by atoms with Crippen LogP contribution in [0.1, 0.15) is 34.0 Å². The van der Waals surface area contributed by atoms with E-state index in [0.717, 1.165) is 5.69 Å². The SMILES string of the molecule is C=C(c1nc(/C=C/CNC(=O)c2cc(C)[nH]n2)cc2c(N[C@@H]3CCN(C)C[C@@H]3F)cccc12)C(F)(F)F. The number of benzene rings is 1. The minimum Gasteiger partial charge on any atom is -0.379 e. The van der Waals surface area contributed by atoms with Gasteiger partial charge in [-0.25, -0.2) is 9.37 Å². The third-order valence-electron chi connectivity index (χ3n) is 6.22. The average molecular weight is 517 g/mol. The predicted octanol–water partition coefficient (Wildman–Crippen LogP) is 4.74. The number of hydrogen-bond donors (Lipinski definition) is 3. The van der Waals surface area contributed by atoms with Crippen LogP contribution < -0.4 is 10.6 Å². The lowest BCUT2D eigenvalue weighted by molar-refractivity contribution is -0.0688. The van der Waals surface area contributed by atoms with E-state index in [-0.39, 0.29) is 35.6 Å². The first-order valence-corrected chi connectivity index (χ1v) is 11.8. The highest BCUT2D eigenvalue weighted by molar-refractivity contribution is 6.01. The van der Waals surface area contributed by atoms with Crippen molar-refractivity contribution in [3.63, 3.8) is 0 Å². The molecule has 1 fully saturated rings. The number of fused-ring (bicyclic) bond motifs is 1. The van der Waals surface area contributed by atoms with Gasteiger partial charge in [0, 0.05) is 41.8 Å². The number of aryl methyl sites for hydroxylation is 1. The van der Waals surface area contributed by atoms with Crippen LogP contribution in [-0.4, -0.2) is 71.1 Å². The summed E-state index contributed by atoms with van der Waals surface area (Å²) in [6.45, 7) is 6.10. The minimum atomic E-state index is -4.68. The quantitative estimate of drug-likeness (QED) is 0.395. The van der Waals surface area contributed by atoms with Crippen LogP contribution in [0.3, 0.4) is 0 Å². The first kappa shape index (κ1) is 26.3. The van der Waals surface area contributed by atoms with Gasteiger partial charge in [0.1, 0.15) is 11.9 Å². The number of likely N-dealkylation sites (tertiary alicyclic amines) is 1. The highest BCUT2D eigenvalue weighted by atomic mass is 19.4. The van der Waals surface area contributed by atoms with Crippen molar-refractivity contribution < 1.29 is 22.4 Å². The molecule has 0 bridgehead atoms. The predicted molar refractivity (Wildman–Crippen MR) is 136 cm³/mol. The summed E-state index contributed by atoms with van der Waals surface area (Å²) in [6.07, 6.45) is -2.15. The number of nitrogens with zero attached hydrogens (tertiary/aromatic N) is 3. The third-order valence-corrected chi connectivity index (χ3v) is 6.22. The van der Waals surface area contributed by atoms with Gasteiger partial charge in [-0.15, -0.1) is 0 Å². The van der Waals surface area contributed by atoms with Gasteiger partial charge in [-0.05, 0) is 44.7 Å². The van der Waals surface area contributed by atoms with Crippen molar-refractivity contribution in [2.75, 3.05) is 32.0 Å². The van der Waals surface area contributed by atoms with Gasteiger partial charge in [-0.2, -0.15) is 18.3 Å². The molecule has 1 aliphatic heterocycles. The van der Waals surface area contributed by atoms with Gasteiger partial charge in [-0.3, -0.25) is 9.89 Å². The summed E-state index contributed by atoms with van der Waals surface area (Å²) >= 11 is 0. The fraction of sp³-hybridized carbons (Fsp3) is 0.346. The van der Waals surface area contributed by atoms with E-state index in [1.165, 1.54) is 6.08 Å². The van der Waals surface area contributed by atoms with E-state index < -0.39 is 29.9 Å². The van der Waals surface area contributed by atoms with Crippen LogP contribution in [0.4, 0.5) is 23.2 Å². The number of amides is 1. The molecule has 7 nitrogen and oxygen atoms in total. The van der Waals surface area contributed by atoms with E-state index in [4.69, 9.17) is 0 Å². The number of rotatable bonds is 7. The van der Waals surface area contributed by atoms with Crippen LogP contribution in [0, 0.1) is 6.92 Å². The normalized spacial score (nSPS) is 18.9. The maximum absolute atomic E-state index is 14.7. The first-order chi connectivity index (χ1) is 17.5.